The first-order valence-electron chi connectivity index (χ1n) is 4.32. The lowest BCUT2D eigenvalue weighted by atomic mass is 10.3. The summed E-state index contributed by atoms with van der Waals surface area (Å²) in [7, 11) is 0. The summed E-state index contributed by atoms with van der Waals surface area (Å²) in [5.41, 5.74) is 0. The number of furan rings is 1. The number of nitrogens with zero attached hydrogens (tertiary/aromatic N) is 1. The van der Waals surface area contributed by atoms with E-state index in [0.717, 1.165) is 13.1 Å². The van der Waals surface area contributed by atoms with Crippen LogP contribution < -0.4 is 0 Å². The highest BCUT2D eigenvalue weighted by molar-refractivity contribution is 9.13. The van der Waals surface area contributed by atoms with Gasteiger partial charge in [-0.05, 0) is 44.0 Å². The van der Waals surface area contributed by atoms with Gasteiger partial charge in [-0.1, -0.05) is 15.9 Å². The summed E-state index contributed by atoms with van der Waals surface area (Å²) in [6, 6.07) is 4.88. The van der Waals surface area contributed by atoms with Crippen molar-refractivity contribution in [2.45, 2.75) is 4.83 Å². The van der Waals surface area contributed by atoms with E-state index < -0.39 is 4.92 Å². The molecule has 0 aliphatic carbocycles. The summed E-state index contributed by atoms with van der Waals surface area (Å²) in [4.78, 5) is 10.8. The number of alkyl halides is 1. The molecule has 2 heterocycles. The number of thiophene rings is 1. The van der Waals surface area contributed by atoms with E-state index in [1.165, 1.54) is 17.4 Å². The molecule has 0 radical (unpaired) electrons. The van der Waals surface area contributed by atoms with Crippen molar-refractivity contribution in [3.8, 4) is 0 Å². The first-order valence-corrected chi connectivity index (χ1v) is 7.63. The van der Waals surface area contributed by atoms with Crippen molar-refractivity contribution in [2.75, 3.05) is 0 Å². The van der Waals surface area contributed by atoms with Crippen LogP contribution in [0.25, 0.3) is 0 Å². The van der Waals surface area contributed by atoms with E-state index in [2.05, 4.69) is 47.8 Å². The summed E-state index contributed by atoms with van der Waals surface area (Å²) < 4.78 is 7.06. The van der Waals surface area contributed by atoms with Crippen LogP contribution in [0.2, 0.25) is 0 Å². The second kappa shape index (κ2) is 5.21. The molecule has 4 nitrogen and oxygen atoms in total. The minimum absolute atomic E-state index is 0.191. The fourth-order valence-corrected chi connectivity index (χ4v) is 3.94. The van der Waals surface area contributed by atoms with Crippen molar-refractivity contribution in [2.24, 2.45) is 0 Å². The lowest BCUT2D eigenvalue weighted by molar-refractivity contribution is -0.402. The fourth-order valence-electron chi connectivity index (χ4n) is 1.20. The molecule has 2 aromatic heterocycles. The van der Waals surface area contributed by atoms with E-state index in [1.807, 2.05) is 6.07 Å². The van der Waals surface area contributed by atoms with E-state index in [1.54, 1.807) is 6.07 Å². The summed E-state index contributed by atoms with van der Waals surface area (Å²) in [5.74, 6) is 0.261. The number of nitro groups is 1. The maximum Gasteiger partial charge on any atom is 0.433 e. The quantitative estimate of drug-likeness (QED) is 0.368. The van der Waals surface area contributed by atoms with Crippen LogP contribution in [0.5, 0.6) is 0 Å². The van der Waals surface area contributed by atoms with Gasteiger partial charge in [-0.15, -0.1) is 11.3 Å². The van der Waals surface area contributed by atoms with Gasteiger partial charge in [0, 0.05) is 9.35 Å². The van der Waals surface area contributed by atoms with Gasteiger partial charge in [0.15, 0.2) is 0 Å². The molecule has 17 heavy (non-hydrogen) atoms. The first kappa shape index (κ1) is 13.3. The van der Waals surface area contributed by atoms with Crippen LogP contribution >= 0.6 is 59.1 Å². The largest absolute Gasteiger partial charge is 0.433 e. The van der Waals surface area contributed by atoms with Gasteiger partial charge >= 0.3 is 5.88 Å². The molecule has 0 bridgehead atoms. The molecule has 0 fully saturated rings. The summed E-state index contributed by atoms with van der Waals surface area (Å²) >= 11 is 11.8. The Labute approximate surface area is 126 Å². The van der Waals surface area contributed by atoms with E-state index in [0.29, 0.717) is 5.76 Å². The molecule has 0 aliphatic heterocycles. The van der Waals surface area contributed by atoms with Crippen LogP contribution in [0.3, 0.4) is 0 Å². The lowest BCUT2D eigenvalue weighted by Crippen LogP contribution is -1.87. The zero-order valence-electron chi connectivity index (χ0n) is 8.02. The van der Waals surface area contributed by atoms with Crippen molar-refractivity contribution in [1.82, 2.24) is 0 Å². The Balaban J connectivity index is 2.30. The van der Waals surface area contributed by atoms with Gasteiger partial charge in [-0.25, -0.2) is 0 Å². The van der Waals surface area contributed by atoms with E-state index in [4.69, 9.17) is 4.42 Å². The van der Waals surface area contributed by atoms with Crippen molar-refractivity contribution in [3.63, 3.8) is 0 Å². The number of rotatable bonds is 3. The molecule has 0 aromatic carbocycles. The Morgan fingerprint density at radius 2 is 2.12 bits per heavy atom. The van der Waals surface area contributed by atoms with Gasteiger partial charge < -0.3 is 4.42 Å². The Kier molecular flexibility index (Phi) is 4.06. The average molecular weight is 446 g/mol. The second-order valence-corrected chi connectivity index (χ2v) is 7.24. The molecular formula is C9H4Br3NO3S. The smallest absolute Gasteiger partial charge is 0.404 e. The average Bonchev–Trinajstić information content (AvgIpc) is 2.86. The molecule has 0 spiro atoms. The van der Waals surface area contributed by atoms with Crippen LogP contribution in [-0.2, 0) is 0 Å². The first-order chi connectivity index (χ1) is 7.99. The maximum absolute atomic E-state index is 10.5. The van der Waals surface area contributed by atoms with Crippen LogP contribution in [0.15, 0.2) is 30.9 Å². The Bertz CT molecular complexity index is 546. The summed E-state index contributed by atoms with van der Waals surface area (Å²) in [6.45, 7) is 0. The summed E-state index contributed by atoms with van der Waals surface area (Å²) in [5, 5.41) is 10.5. The van der Waals surface area contributed by atoms with Crippen LogP contribution in [-0.4, -0.2) is 4.92 Å². The molecule has 2 rings (SSSR count). The van der Waals surface area contributed by atoms with Gasteiger partial charge in [0.1, 0.15) is 15.5 Å². The molecule has 1 unspecified atom stereocenters. The van der Waals surface area contributed by atoms with Gasteiger partial charge in [-0.2, -0.15) is 0 Å². The van der Waals surface area contributed by atoms with Crippen molar-refractivity contribution >= 4 is 65.0 Å². The SMILES string of the molecule is O=[N+]([O-])c1ccc(C(Br)c2cc(Br)c(Br)s2)o1. The van der Waals surface area contributed by atoms with Crippen molar-refractivity contribution < 1.29 is 9.34 Å². The zero-order chi connectivity index (χ0) is 12.6. The number of hydrogen-bond acceptors (Lipinski definition) is 4. The molecule has 0 amide bonds. The molecule has 0 aliphatic rings. The third-order valence-electron chi connectivity index (χ3n) is 1.96. The van der Waals surface area contributed by atoms with Crippen LogP contribution in [0.1, 0.15) is 15.5 Å². The Hall–Kier alpha value is -0.180. The Morgan fingerprint density at radius 3 is 2.59 bits per heavy atom. The molecule has 2 aromatic rings. The second-order valence-electron chi connectivity index (χ2n) is 3.07. The van der Waals surface area contributed by atoms with Crippen LogP contribution in [0, 0.1) is 10.1 Å². The molecular weight excluding hydrogens is 442 g/mol. The van der Waals surface area contributed by atoms with Gasteiger partial charge in [0.2, 0.25) is 0 Å². The number of halogens is 3. The molecule has 8 heteroatoms. The van der Waals surface area contributed by atoms with Gasteiger partial charge in [0.05, 0.1) is 9.85 Å². The molecule has 90 valence electrons. The topological polar surface area (TPSA) is 56.3 Å². The van der Waals surface area contributed by atoms with Gasteiger partial charge in [-0.3, -0.25) is 10.1 Å². The minimum atomic E-state index is -0.552. The summed E-state index contributed by atoms with van der Waals surface area (Å²) in [6.07, 6.45) is 0. The predicted octanol–water partition coefficient (Wildman–Crippen LogP) is 5.26. The maximum atomic E-state index is 10.5. The molecule has 1 atom stereocenters. The molecule has 0 saturated heterocycles. The highest BCUT2D eigenvalue weighted by Gasteiger charge is 2.21. The van der Waals surface area contributed by atoms with Crippen LogP contribution in [0.4, 0.5) is 5.88 Å². The monoisotopic (exact) mass is 443 g/mol. The Morgan fingerprint density at radius 1 is 1.41 bits per heavy atom. The third-order valence-corrected chi connectivity index (χ3v) is 6.52. The molecule has 0 N–H and O–H groups in total. The highest BCUT2D eigenvalue weighted by Crippen LogP contribution is 2.42. The number of hydrogen-bond donors (Lipinski definition) is 0. The zero-order valence-corrected chi connectivity index (χ0v) is 13.6. The van der Waals surface area contributed by atoms with Gasteiger partial charge in [0.25, 0.3) is 0 Å². The predicted molar refractivity (Wildman–Crippen MR) is 75.9 cm³/mol. The minimum Gasteiger partial charge on any atom is -0.404 e. The van der Waals surface area contributed by atoms with E-state index in [9.17, 15) is 10.1 Å². The molecule has 0 saturated carbocycles. The van der Waals surface area contributed by atoms with E-state index in [-0.39, 0.29) is 10.7 Å². The standard InChI is InChI=1S/C9H4Br3NO3S/c10-4-3-6(17-9(4)12)8(11)5-1-2-7(16-5)13(14)15/h1-3,8H. The van der Waals surface area contributed by atoms with Crippen molar-refractivity contribution in [3.05, 3.63) is 47.2 Å². The fraction of sp³-hybridized carbons (Fsp3) is 0.111. The van der Waals surface area contributed by atoms with E-state index >= 15 is 0 Å². The van der Waals surface area contributed by atoms with Crippen molar-refractivity contribution in [1.29, 1.82) is 0 Å². The third kappa shape index (κ3) is 2.81. The highest BCUT2D eigenvalue weighted by atomic mass is 79.9. The lowest BCUT2D eigenvalue weighted by Gasteiger charge is -2.01. The normalized spacial score (nSPS) is 12.6.